The SMILES string of the molecule is COc1ccccc1C(=O)N1c2ccc(I)cc2-c2c(ssc2=S)C1(C)C. The Labute approximate surface area is 184 Å². The van der Waals surface area contributed by atoms with Crippen LogP contribution in [0, 0.1) is 7.39 Å². The van der Waals surface area contributed by atoms with Gasteiger partial charge in [0, 0.05) is 14.7 Å². The number of amides is 1. The molecule has 7 heteroatoms. The van der Waals surface area contributed by atoms with Crippen LogP contribution in [0.3, 0.4) is 0 Å². The molecule has 0 saturated heterocycles. The molecule has 0 aliphatic carbocycles. The van der Waals surface area contributed by atoms with Gasteiger partial charge in [-0.15, -0.1) is 0 Å². The minimum Gasteiger partial charge on any atom is -0.496 e. The summed E-state index contributed by atoms with van der Waals surface area (Å²) in [5.74, 6) is 0.504. The van der Waals surface area contributed by atoms with Crippen molar-refractivity contribution in [2.24, 2.45) is 0 Å². The number of carbonyl (C=O) groups excluding carboxylic acids is 1. The molecule has 0 saturated carbocycles. The van der Waals surface area contributed by atoms with E-state index in [9.17, 15) is 4.79 Å². The first-order chi connectivity index (χ1) is 12.9. The average Bonchev–Trinajstić information content (AvgIpc) is 3.05. The average molecular weight is 525 g/mol. The van der Waals surface area contributed by atoms with Crippen LogP contribution in [0.15, 0.2) is 42.5 Å². The number of carbonyl (C=O) groups is 1. The molecule has 0 radical (unpaired) electrons. The predicted octanol–water partition coefficient (Wildman–Crippen LogP) is 6.71. The zero-order valence-electron chi connectivity index (χ0n) is 14.9. The molecule has 0 spiro atoms. The highest BCUT2D eigenvalue weighted by molar-refractivity contribution is 14.1. The Hall–Kier alpha value is -1.29. The van der Waals surface area contributed by atoms with Gasteiger partial charge < -0.3 is 4.74 Å². The summed E-state index contributed by atoms with van der Waals surface area (Å²) in [6.07, 6.45) is 0. The van der Waals surface area contributed by atoms with Gasteiger partial charge in [-0.05, 0) is 66.8 Å². The third-order valence-electron chi connectivity index (χ3n) is 4.76. The maximum Gasteiger partial charge on any atom is 0.262 e. The lowest BCUT2D eigenvalue weighted by molar-refractivity contribution is 0.0958. The Kier molecular flexibility index (Phi) is 4.90. The molecule has 0 unspecified atom stereocenters. The molecule has 0 N–H and O–H groups in total. The van der Waals surface area contributed by atoms with Crippen molar-refractivity contribution in [2.75, 3.05) is 12.0 Å². The van der Waals surface area contributed by atoms with Crippen LogP contribution in [0.1, 0.15) is 29.1 Å². The first kappa shape index (κ1) is 19.0. The highest BCUT2D eigenvalue weighted by Crippen LogP contribution is 2.52. The van der Waals surface area contributed by atoms with Gasteiger partial charge in [-0.1, -0.05) is 45.0 Å². The molecule has 138 valence electrons. The van der Waals surface area contributed by atoms with Crippen LogP contribution < -0.4 is 9.64 Å². The Morgan fingerprint density at radius 1 is 1.19 bits per heavy atom. The molecular weight excluding hydrogens is 509 g/mol. The summed E-state index contributed by atoms with van der Waals surface area (Å²) >= 11 is 7.93. The van der Waals surface area contributed by atoms with E-state index in [1.807, 2.05) is 41.3 Å². The van der Waals surface area contributed by atoms with Crippen molar-refractivity contribution < 1.29 is 9.53 Å². The molecule has 0 fully saturated rings. The van der Waals surface area contributed by atoms with Gasteiger partial charge in [0.25, 0.3) is 5.91 Å². The van der Waals surface area contributed by atoms with Crippen LogP contribution in [0.5, 0.6) is 5.75 Å². The van der Waals surface area contributed by atoms with E-state index in [-0.39, 0.29) is 5.91 Å². The molecule has 3 nitrogen and oxygen atoms in total. The van der Waals surface area contributed by atoms with E-state index in [0.717, 1.165) is 29.1 Å². The molecule has 1 aliphatic heterocycles. The zero-order chi connectivity index (χ0) is 19.3. The second-order valence-corrected chi connectivity index (χ2v) is 10.8. The number of ether oxygens (including phenoxy) is 1. The van der Waals surface area contributed by atoms with E-state index in [1.165, 1.54) is 0 Å². The molecule has 4 rings (SSSR count). The Balaban J connectivity index is 1.99. The van der Waals surface area contributed by atoms with Gasteiger partial charge in [0.15, 0.2) is 0 Å². The van der Waals surface area contributed by atoms with Crippen molar-refractivity contribution in [1.29, 1.82) is 0 Å². The minimum atomic E-state index is -0.509. The number of methoxy groups -OCH3 is 1. The smallest absolute Gasteiger partial charge is 0.262 e. The van der Waals surface area contributed by atoms with Crippen LogP contribution in [0.25, 0.3) is 11.1 Å². The van der Waals surface area contributed by atoms with E-state index in [1.54, 1.807) is 27.8 Å². The van der Waals surface area contributed by atoms with Crippen molar-refractivity contribution in [1.82, 2.24) is 0 Å². The maximum atomic E-state index is 13.7. The molecule has 0 atom stereocenters. The van der Waals surface area contributed by atoms with Gasteiger partial charge in [-0.3, -0.25) is 9.69 Å². The fourth-order valence-corrected chi connectivity index (χ4v) is 7.28. The van der Waals surface area contributed by atoms with E-state index in [4.69, 9.17) is 17.0 Å². The third kappa shape index (κ3) is 2.95. The summed E-state index contributed by atoms with van der Waals surface area (Å²) in [6.45, 7) is 4.16. The number of para-hydroxylation sites is 1. The molecular formula is C20H16INO2S3. The lowest BCUT2D eigenvalue weighted by atomic mass is 9.87. The lowest BCUT2D eigenvalue weighted by Crippen LogP contribution is -2.47. The second-order valence-electron chi connectivity index (χ2n) is 6.72. The molecule has 27 heavy (non-hydrogen) atoms. The van der Waals surface area contributed by atoms with Gasteiger partial charge >= 0.3 is 0 Å². The van der Waals surface area contributed by atoms with E-state index in [2.05, 4.69) is 42.5 Å². The fourth-order valence-electron chi connectivity index (χ4n) is 3.51. The van der Waals surface area contributed by atoms with Crippen LogP contribution in [-0.2, 0) is 5.54 Å². The number of halogens is 1. The molecule has 3 aromatic rings. The number of hydrogen-bond acceptors (Lipinski definition) is 5. The van der Waals surface area contributed by atoms with Crippen molar-refractivity contribution in [3.63, 3.8) is 0 Å². The van der Waals surface area contributed by atoms with Crippen LogP contribution >= 0.6 is 55.5 Å². The zero-order valence-corrected chi connectivity index (χ0v) is 19.5. The summed E-state index contributed by atoms with van der Waals surface area (Å²) in [5, 5.41) is 0. The molecule has 0 bridgehead atoms. The van der Waals surface area contributed by atoms with E-state index >= 15 is 0 Å². The highest BCUT2D eigenvalue weighted by Gasteiger charge is 2.43. The minimum absolute atomic E-state index is 0.0742. The van der Waals surface area contributed by atoms with Crippen molar-refractivity contribution in [3.8, 4) is 16.9 Å². The Morgan fingerprint density at radius 2 is 1.93 bits per heavy atom. The van der Waals surface area contributed by atoms with Gasteiger partial charge in [-0.25, -0.2) is 0 Å². The highest BCUT2D eigenvalue weighted by atomic mass is 127. The van der Waals surface area contributed by atoms with Crippen molar-refractivity contribution in [2.45, 2.75) is 19.4 Å². The standard InChI is InChI=1S/C20H16INO2S3/c1-20(2)17-16(19(25)27-26-17)13-10-11(21)8-9-14(13)22(20)18(23)12-6-4-5-7-15(12)24-3/h4-10H,1-3H3. The summed E-state index contributed by atoms with van der Waals surface area (Å²) in [4.78, 5) is 16.7. The quantitative estimate of drug-likeness (QED) is 0.212. The first-order valence-corrected chi connectivity index (χ1v) is 11.9. The number of nitrogens with zero attached hydrogens (tertiary/aromatic N) is 1. The van der Waals surface area contributed by atoms with Gasteiger partial charge in [0.2, 0.25) is 0 Å². The van der Waals surface area contributed by atoms with Crippen molar-refractivity contribution in [3.05, 3.63) is 60.3 Å². The second kappa shape index (κ2) is 6.95. The van der Waals surface area contributed by atoms with E-state index in [0.29, 0.717) is 11.3 Å². The largest absolute Gasteiger partial charge is 0.496 e. The lowest BCUT2D eigenvalue weighted by Gasteiger charge is -2.43. The summed E-state index contributed by atoms with van der Waals surface area (Å²) in [6, 6.07) is 13.5. The first-order valence-electron chi connectivity index (χ1n) is 8.27. The predicted molar refractivity (Wildman–Crippen MR) is 124 cm³/mol. The van der Waals surface area contributed by atoms with Crippen LogP contribution in [0.2, 0.25) is 0 Å². The third-order valence-corrected chi connectivity index (χ3v) is 8.76. The molecule has 1 amide bonds. The van der Waals surface area contributed by atoms with Gasteiger partial charge in [0.1, 0.15) is 9.57 Å². The summed E-state index contributed by atoms with van der Waals surface area (Å²) < 4.78 is 7.45. The van der Waals surface area contributed by atoms with E-state index < -0.39 is 5.54 Å². The number of hydrogen-bond donors (Lipinski definition) is 0. The van der Waals surface area contributed by atoms with Crippen LogP contribution in [-0.4, -0.2) is 13.0 Å². The Bertz CT molecular complexity index is 1120. The molecule has 2 heterocycles. The summed E-state index contributed by atoms with van der Waals surface area (Å²) in [5.41, 5.74) is 3.07. The Morgan fingerprint density at radius 3 is 2.67 bits per heavy atom. The van der Waals surface area contributed by atoms with Gasteiger partial charge in [-0.2, -0.15) is 0 Å². The number of fused-ring (bicyclic) bond motifs is 3. The monoisotopic (exact) mass is 525 g/mol. The summed E-state index contributed by atoms with van der Waals surface area (Å²) in [7, 11) is 4.85. The number of benzene rings is 2. The van der Waals surface area contributed by atoms with Crippen molar-refractivity contribution >= 4 is 67.1 Å². The van der Waals surface area contributed by atoms with Crippen LogP contribution in [0.4, 0.5) is 5.69 Å². The maximum absolute atomic E-state index is 13.7. The molecule has 1 aromatic heterocycles. The van der Waals surface area contributed by atoms with Gasteiger partial charge in [0.05, 0.1) is 28.8 Å². The molecule has 2 aromatic carbocycles. The number of rotatable bonds is 2. The topological polar surface area (TPSA) is 29.5 Å². The molecule has 1 aliphatic rings. The number of anilines is 1. The fraction of sp³-hybridized carbons (Fsp3) is 0.200. The normalized spacial score (nSPS) is 14.4.